The molecule has 3 atom stereocenters. The number of benzene rings is 2. The fourth-order valence-electron chi connectivity index (χ4n) is 3.84. The van der Waals surface area contributed by atoms with Gasteiger partial charge in [-0.2, -0.15) is 0 Å². The van der Waals surface area contributed by atoms with Crippen molar-refractivity contribution in [3.8, 4) is 0 Å². The van der Waals surface area contributed by atoms with E-state index in [4.69, 9.17) is 27.9 Å². The number of nitrogens with one attached hydrogen (secondary N) is 1. The maximum absolute atomic E-state index is 12.9. The van der Waals surface area contributed by atoms with Crippen LogP contribution >= 0.6 is 23.2 Å². The zero-order valence-corrected chi connectivity index (χ0v) is 17.2. The molecule has 152 valence electrons. The highest BCUT2D eigenvalue weighted by Gasteiger charge is 2.55. The summed E-state index contributed by atoms with van der Waals surface area (Å²) in [6, 6.07) is 13.2. The van der Waals surface area contributed by atoms with Crippen molar-refractivity contribution in [2.24, 2.45) is 5.92 Å². The second-order valence-corrected chi connectivity index (χ2v) is 7.51. The van der Waals surface area contributed by atoms with Crippen molar-refractivity contribution < 1.29 is 24.5 Å². The maximum atomic E-state index is 12.9. The molecule has 3 unspecified atom stereocenters. The summed E-state index contributed by atoms with van der Waals surface area (Å²) in [6.45, 7) is 1.52. The Kier molecular flexibility index (Phi) is 5.89. The minimum absolute atomic E-state index is 0.106. The van der Waals surface area contributed by atoms with Gasteiger partial charge in [-0.15, -0.1) is 0 Å². The summed E-state index contributed by atoms with van der Waals surface area (Å²) in [7, 11) is 1.18. The molecule has 2 aromatic carbocycles. The molecule has 8 heteroatoms. The number of carbonyl (C=O) groups is 2. The van der Waals surface area contributed by atoms with Gasteiger partial charge in [-0.3, -0.25) is 4.79 Å². The lowest BCUT2D eigenvalue weighted by molar-refractivity contribution is -0.162. The number of carboxylic acid groups (broad SMARTS) is 1. The first-order valence-corrected chi connectivity index (χ1v) is 9.49. The number of hydrogen-bond donors (Lipinski definition) is 3. The SMILES string of the molecule is COC(=O)C1C(c2cccc(Cl)c2Cl)C(C(=O)O)=C(C)NC1(O)c1ccccc1. The number of halogens is 2. The number of hydrogen-bond acceptors (Lipinski definition) is 5. The highest BCUT2D eigenvalue weighted by molar-refractivity contribution is 6.42. The van der Waals surface area contributed by atoms with E-state index in [2.05, 4.69) is 5.32 Å². The van der Waals surface area contributed by atoms with Crippen LogP contribution in [-0.4, -0.2) is 29.3 Å². The first-order chi connectivity index (χ1) is 13.7. The Morgan fingerprint density at radius 2 is 1.76 bits per heavy atom. The smallest absolute Gasteiger partial charge is 0.333 e. The van der Waals surface area contributed by atoms with Crippen molar-refractivity contribution in [1.82, 2.24) is 5.32 Å². The normalized spacial score (nSPS) is 24.0. The van der Waals surface area contributed by atoms with E-state index in [1.54, 1.807) is 48.5 Å². The number of carbonyl (C=O) groups excluding carboxylic acids is 1. The molecule has 0 saturated carbocycles. The van der Waals surface area contributed by atoms with E-state index in [1.807, 2.05) is 0 Å². The molecule has 0 radical (unpaired) electrons. The monoisotopic (exact) mass is 435 g/mol. The van der Waals surface area contributed by atoms with E-state index in [0.717, 1.165) is 0 Å². The number of ether oxygens (including phenoxy) is 1. The van der Waals surface area contributed by atoms with Crippen LogP contribution in [0.25, 0.3) is 0 Å². The van der Waals surface area contributed by atoms with Gasteiger partial charge in [0.25, 0.3) is 0 Å². The number of rotatable bonds is 4. The molecular weight excluding hydrogens is 417 g/mol. The Morgan fingerprint density at radius 1 is 1.10 bits per heavy atom. The predicted molar refractivity (Wildman–Crippen MR) is 109 cm³/mol. The second kappa shape index (κ2) is 8.06. The molecule has 29 heavy (non-hydrogen) atoms. The molecule has 1 heterocycles. The zero-order valence-electron chi connectivity index (χ0n) is 15.6. The third kappa shape index (κ3) is 3.59. The molecule has 2 aromatic rings. The number of carboxylic acids is 1. The van der Waals surface area contributed by atoms with Gasteiger partial charge in [-0.05, 0) is 18.6 Å². The first kappa shape index (κ1) is 21.2. The first-order valence-electron chi connectivity index (χ1n) is 8.74. The van der Waals surface area contributed by atoms with Crippen LogP contribution in [0.1, 0.15) is 24.0 Å². The van der Waals surface area contributed by atoms with Crippen LogP contribution in [-0.2, 0) is 20.1 Å². The predicted octanol–water partition coefficient (Wildman–Crippen LogP) is 3.67. The topological polar surface area (TPSA) is 95.9 Å². The van der Waals surface area contributed by atoms with Gasteiger partial charge in [0, 0.05) is 17.2 Å². The molecule has 0 amide bonds. The van der Waals surface area contributed by atoms with Crippen molar-refractivity contribution >= 4 is 35.1 Å². The summed E-state index contributed by atoms with van der Waals surface area (Å²) in [6.07, 6.45) is 0. The third-order valence-corrected chi connectivity index (χ3v) is 5.93. The zero-order chi connectivity index (χ0) is 21.3. The van der Waals surface area contributed by atoms with Gasteiger partial charge < -0.3 is 20.3 Å². The van der Waals surface area contributed by atoms with Crippen molar-refractivity contribution in [3.63, 3.8) is 0 Å². The molecule has 0 aromatic heterocycles. The Morgan fingerprint density at radius 3 is 2.34 bits per heavy atom. The molecule has 6 nitrogen and oxygen atoms in total. The molecule has 3 N–H and O–H groups in total. The summed E-state index contributed by atoms with van der Waals surface area (Å²) < 4.78 is 4.96. The molecule has 0 aliphatic carbocycles. The van der Waals surface area contributed by atoms with Gasteiger partial charge in [0.15, 0.2) is 5.72 Å². The Balaban J connectivity index is 2.36. The van der Waals surface area contributed by atoms with Gasteiger partial charge in [0.2, 0.25) is 0 Å². The Hall–Kier alpha value is -2.54. The van der Waals surface area contributed by atoms with Crippen molar-refractivity contribution in [2.75, 3.05) is 7.11 Å². The van der Waals surface area contributed by atoms with Crippen LogP contribution in [0.5, 0.6) is 0 Å². The molecular formula is C21H19Cl2NO5. The molecule has 0 spiro atoms. The molecule has 0 bridgehead atoms. The van der Waals surface area contributed by atoms with E-state index in [0.29, 0.717) is 11.1 Å². The van der Waals surface area contributed by atoms with E-state index >= 15 is 0 Å². The number of aliphatic carboxylic acids is 1. The third-order valence-electron chi connectivity index (χ3n) is 5.09. The highest BCUT2D eigenvalue weighted by atomic mass is 35.5. The fraction of sp³-hybridized carbons (Fsp3) is 0.238. The van der Waals surface area contributed by atoms with Crippen LogP contribution in [0.2, 0.25) is 10.0 Å². The number of methoxy groups -OCH3 is 1. The summed E-state index contributed by atoms with van der Waals surface area (Å²) in [5, 5.41) is 24.7. The van der Waals surface area contributed by atoms with Crippen LogP contribution < -0.4 is 5.32 Å². The average Bonchev–Trinajstić information content (AvgIpc) is 2.69. The van der Waals surface area contributed by atoms with E-state index in [-0.39, 0.29) is 21.3 Å². The molecule has 0 fully saturated rings. The van der Waals surface area contributed by atoms with Gasteiger partial charge in [-0.1, -0.05) is 65.7 Å². The van der Waals surface area contributed by atoms with Crippen molar-refractivity contribution in [3.05, 3.63) is 81.0 Å². The lowest BCUT2D eigenvalue weighted by atomic mass is 9.69. The number of aliphatic hydroxyl groups is 1. The standard InChI is InChI=1S/C21H19Cl2NO5/c1-11-15(19(25)26)16(13-9-6-10-14(22)18(13)23)17(20(27)29-2)21(28,24-11)12-7-4-3-5-8-12/h3-10,16-17,24,28H,1-2H3,(H,25,26). The van der Waals surface area contributed by atoms with Gasteiger partial charge in [-0.25, -0.2) is 4.79 Å². The number of allylic oxidation sites excluding steroid dienone is 1. The average molecular weight is 436 g/mol. The lowest BCUT2D eigenvalue weighted by Gasteiger charge is -2.45. The summed E-state index contributed by atoms with van der Waals surface area (Å²) in [5.41, 5.74) is -1.16. The molecule has 1 aliphatic heterocycles. The van der Waals surface area contributed by atoms with Crippen molar-refractivity contribution in [1.29, 1.82) is 0 Å². The minimum Gasteiger partial charge on any atom is -0.478 e. The summed E-state index contributed by atoms with van der Waals surface area (Å²) in [4.78, 5) is 25.0. The second-order valence-electron chi connectivity index (χ2n) is 6.72. The Labute approximate surface area is 177 Å². The maximum Gasteiger partial charge on any atom is 0.333 e. The van der Waals surface area contributed by atoms with E-state index in [1.165, 1.54) is 14.0 Å². The van der Waals surface area contributed by atoms with Gasteiger partial charge in [0.05, 0.1) is 22.7 Å². The van der Waals surface area contributed by atoms with Gasteiger partial charge in [0.1, 0.15) is 5.92 Å². The summed E-state index contributed by atoms with van der Waals surface area (Å²) >= 11 is 12.6. The summed E-state index contributed by atoms with van der Waals surface area (Å²) in [5.74, 6) is -4.51. The lowest BCUT2D eigenvalue weighted by Crippen LogP contribution is -2.57. The minimum atomic E-state index is -1.94. The number of esters is 1. The van der Waals surface area contributed by atoms with Gasteiger partial charge >= 0.3 is 11.9 Å². The van der Waals surface area contributed by atoms with Crippen LogP contribution in [0.15, 0.2) is 59.8 Å². The largest absolute Gasteiger partial charge is 0.478 e. The molecule has 3 rings (SSSR count). The fourth-order valence-corrected chi connectivity index (χ4v) is 4.26. The molecule has 1 aliphatic rings. The quantitative estimate of drug-likeness (QED) is 0.633. The van der Waals surface area contributed by atoms with Crippen molar-refractivity contribution in [2.45, 2.75) is 18.6 Å². The van der Waals surface area contributed by atoms with Crippen LogP contribution in [0, 0.1) is 5.92 Å². The Bertz CT molecular complexity index is 992. The van der Waals surface area contributed by atoms with Crippen LogP contribution in [0.3, 0.4) is 0 Å². The van der Waals surface area contributed by atoms with E-state index in [9.17, 15) is 19.8 Å². The molecule has 0 saturated heterocycles. The highest BCUT2D eigenvalue weighted by Crippen LogP contribution is 2.49. The van der Waals surface area contributed by atoms with E-state index < -0.39 is 29.5 Å². The van der Waals surface area contributed by atoms with Crippen LogP contribution in [0.4, 0.5) is 0 Å².